The van der Waals surface area contributed by atoms with Gasteiger partial charge in [0.15, 0.2) is 0 Å². The number of nitrogens with one attached hydrogen (secondary N) is 1. The molecular formula is C23H20Cl2F3N3O3S. The number of H-pyrrole nitrogens is 1. The molecule has 2 atom stereocenters. The van der Waals surface area contributed by atoms with Crippen molar-refractivity contribution >= 4 is 33.2 Å². The van der Waals surface area contributed by atoms with E-state index in [-0.39, 0.29) is 22.0 Å². The minimum Gasteiger partial charge on any atom is -0.393 e. The highest BCUT2D eigenvalue weighted by Gasteiger charge is 2.47. The molecule has 2 saturated heterocycles. The summed E-state index contributed by atoms with van der Waals surface area (Å²) in [6.45, 7) is 0. The molecule has 0 aliphatic carbocycles. The van der Waals surface area contributed by atoms with Gasteiger partial charge in [-0.05, 0) is 56.0 Å². The van der Waals surface area contributed by atoms with E-state index in [2.05, 4.69) is 9.97 Å². The maximum atomic E-state index is 13.6. The molecule has 2 N–H and O–H groups in total. The van der Waals surface area contributed by atoms with Crippen molar-refractivity contribution < 1.29 is 26.7 Å². The van der Waals surface area contributed by atoms with Crippen molar-refractivity contribution in [1.29, 1.82) is 0 Å². The van der Waals surface area contributed by atoms with E-state index < -0.39 is 32.9 Å². The first-order chi connectivity index (χ1) is 16.4. The number of aliphatic hydroxyl groups is 1. The molecule has 2 aliphatic heterocycles. The molecule has 3 heterocycles. The predicted octanol–water partition coefficient (Wildman–Crippen LogP) is 5.75. The Bertz CT molecular complexity index is 1380. The molecule has 35 heavy (non-hydrogen) atoms. The zero-order chi connectivity index (χ0) is 25.1. The normalized spacial score (nSPS) is 23.1. The van der Waals surface area contributed by atoms with Crippen LogP contribution in [0.2, 0.25) is 10.0 Å². The van der Waals surface area contributed by atoms with Gasteiger partial charge in [0.25, 0.3) is 0 Å². The van der Waals surface area contributed by atoms with Crippen molar-refractivity contribution in [3.05, 3.63) is 58.2 Å². The number of alkyl halides is 3. The third-order valence-electron chi connectivity index (χ3n) is 6.56. The lowest BCUT2D eigenvalue weighted by molar-refractivity contribution is -0.137. The smallest absolute Gasteiger partial charge is 0.393 e. The lowest BCUT2D eigenvalue weighted by Crippen LogP contribution is -2.47. The van der Waals surface area contributed by atoms with Crippen molar-refractivity contribution in [2.24, 2.45) is 0 Å². The lowest BCUT2D eigenvalue weighted by atomic mass is 10.0. The third-order valence-corrected chi connectivity index (χ3v) is 9.36. The molecule has 5 rings (SSSR count). The number of benzene rings is 2. The van der Waals surface area contributed by atoms with Crippen molar-refractivity contribution in [2.45, 2.75) is 54.9 Å². The molecule has 1 aromatic heterocycles. The molecule has 0 spiro atoms. The second kappa shape index (κ2) is 8.77. The quantitative estimate of drug-likeness (QED) is 0.437. The summed E-state index contributed by atoms with van der Waals surface area (Å²) in [5.41, 5.74) is 0.320. The summed E-state index contributed by atoms with van der Waals surface area (Å²) >= 11 is 12.1. The lowest BCUT2D eigenvalue weighted by Gasteiger charge is -2.36. The van der Waals surface area contributed by atoms with Crippen molar-refractivity contribution in [3.8, 4) is 22.6 Å². The van der Waals surface area contributed by atoms with Crippen LogP contribution < -0.4 is 0 Å². The van der Waals surface area contributed by atoms with Gasteiger partial charge in [-0.3, -0.25) is 0 Å². The van der Waals surface area contributed by atoms with E-state index >= 15 is 0 Å². The molecular weight excluding hydrogens is 526 g/mol. The topological polar surface area (TPSA) is 86.3 Å². The average molecular weight is 546 g/mol. The van der Waals surface area contributed by atoms with Crippen LogP contribution in [0.1, 0.15) is 31.2 Å². The first kappa shape index (κ1) is 24.6. The van der Waals surface area contributed by atoms with Crippen LogP contribution in [-0.2, 0) is 16.2 Å². The van der Waals surface area contributed by atoms with E-state index in [9.17, 15) is 26.7 Å². The Morgan fingerprint density at radius 3 is 2.29 bits per heavy atom. The standard InChI is InChI=1S/C23H20Cl2F3N3O3S/c24-18-6-2-13(8-21(18)35(33,34)31-14-3-4-15(31)10-16(32)9-14)22-29-11-20(30-22)12-1-5-17(19(25)7-12)23(26,27)28/h1-2,5-8,11,14-16,32H,3-4,9-10H2,(H,29,30). The molecule has 3 aromatic rings. The van der Waals surface area contributed by atoms with E-state index in [0.29, 0.717) is 48.3 Å². The number of piperidine rings is 1. The number of rotatable bonds is 4. The second-order valence-electron chi connectivity index (χ2n) is 8.83. The van der Waals surface area contributed by atoms with E-state index in [1.165, 1.54) is 34.8 Å². The average Bonchev–Trinajstić information content (AvgIpc) is 3.37. The number of sulfonamides is 1. The van der Waals surface area contributed by atoms with E-state index in [0.717, 1.165) is 6.07 Å². The summed E-state index contributed by atoms with van der Waals surface area (Å²) in [6.07, 6.45) is -1.48. The highest BCUT2D eigenvalue weighted by atomic mass is 35.5. The van der Waals surface area contributed by atoms with Gasteiger partial charge in [0, 0.05) is 23.2 Å². The maximum absolute atomic E-state index is 13.6. The van der Waals surface area contributed by atoms with E-state index in [1.807, 2.05) is 0 Å². The highest BCUT2D eigenvalue weighted by molar-refractivity contribution is 7.89. The van der Waals surface area contributed by atoms with E-state index in [1.54, 1.807) is 6.07 Å². The molecule has 0 amide bonds. The Hall–Kier alpha value is -2.11. The Morgan fingerprint density at radius 2 is 1.66 bits per heavy atom. The number of fused-ring (bicyclic) bond motifs is 2. The van der Waals surface area contributed by atoms with Crippen LogP contribution in [0.25, 0.3) is 22.6 Å². The zero-order valence-corrected chi connectivity index (χ0v) is 20.4. The molecule has 2 fully saturated rings. The minimum absolute atomic E-state index is 0.0551. The van der Waals surface area contributed by atoms with Crippen LogP contribution >= 0.6 is 23.2 Å². The summed E-state index contributed by atoms with van der Waals surface area (Å²) in [5.74, 6) is 0.321. The number of aromatic amines is 1. The fraction of sp³-hybridized carbons (Fsp3) is 0.348. The van der Waals surface area contributed by atoms with Gasteiger partial charge in [0.1, 0.15) is 10.7 Å². The molecule has 2 aromatic carbocycles. The van der Waals surface area contributed by atoms with Crippen LogP contribution in [0.4, 0.5) is 13.2 Å². The highest BCUT2D eigenvalue weighted by Crippen LogP contribution is 2.42. The molecule has 2 aliphatic rings. The van der Waals surface area contributed by atoms with Gasteiger partial charge in [0.05, 0.1) is 33.6 Å². The Kier molecular flexibility index (Phi) is 6.16. The van der Waals surface area contributed by atoms with Crippen molar-refractivity contribution in [2.75, 3.05) is 0 Å². The first-order valence-corrected chi connectivity index (χ1v) is 13.1. The second-order valence-corrected chi connectivity index (χ2v) is 11.5. The number of aromatic nitrogens is 2. The van der Waals surface area contributed by atoms with Gasteiger partial charge in [-0.2, -0.15) is 17.5 Å². The van der Waals surface area contributed by atoms with E-state index in [4.69, 9.17) is 23.2 Å². The van der Waals surface area contributed by atoms with Gasteiger partial charge in [-0.25, -0.2) is 13.4 Å². The molecule has 6 nitrogen and oxygen atoms in total. The molecule has 12 heteroatoms. The SMILES string of the molecule is O=S(=O)(c1cc(-c2ncc(-c3ccc(C(F)(F)F)c(Cl)c3)[nH]2)ccc1Cl)N1C2CCC1CC(O)C2. The van der Waals surface area contributed by atoms with Gasteiger partial charge < -0.3 is 10.1 Å². The fourth-order valence-corrected chi connectivity index (χ4v) is 7.67. The van der Waals surface area contributed by atoms with Crippen LogP contribution in [-0.4, -0.2) is 46.0 Å². The van der Waals surface area contributed by atoms with Crippen LogP contribution in [0.5, 0.6) is 0 Å². The fourth-order valence-electron chi connectivity index (χ4n) is 4.99. The number of halogens is 5. The Morgan fingerprint density at radius 1 is 1.00 bits per heavy atom. The molecule has 0 saturated carbocycles. The summed E-state index contributed by atoms with van der Waals surface area (Å²) in [4.78, 5) is 7.23. The summed E-state index contributed by atoms with van der Waals surface area (Å²) in [5, 5.41) is 9.67. The van der Waals surface area contributed by atoms with Gasteiger partial charge in [0.2, 0.25) is 10.0 Å². The van der Waals surface area contributed by atoms with Crippen LogP contribution in [0.15, 0.2) is 47.5 Å². The van der Waals surface area contributed by atoms with Crippen LogP contribution in [0, 0.1) is 0 Å². The first-order valence-electron chi connectivity index (χ1n) is 10.9. The third kappa shape index (κ3) is 4.46. The molecule has 0 radical (unpaired) electrons. The number of hydrogen-bond donors (Lipinski definition) is 2. The summed E-state index contributed by atoms with van der Waals surface area (Å²) in [7, 11) is -3.93. The van der Waals surface area contributed by atoms with Crippen LogP contribution in [0.3, 0.4) is 0 Å². The largest absolute Gasteiger partial charge is 0.417 e. The molecule has 186 valence electrons. The molecule has 2 bridgehead atoms. The molecule has 2 unspecified atom stereocenters. The monoisotopic (exact) mass is 545 g/mol. The summed E-state index contributed by atoms with van der Waals surface area (Å²) in [6, 6.07) is 7.35. The maximum Gasteiger partial charge on any atom is 0.417 e. The number of aliphatic hydroxyl groups excluding tert-OH is 1. The van der Waals surface area contributed by atoms with Gasteiger partial charge in [-0.15, -0.1) is 0 Å². The Balaban J connectivity index is 1.47. The van der Waals surface area contributed by atoms with Crippen molar-refractivity contribution in [3.63, 3.8) is 0 Å². The Labute approximate surface area is 209 Å². The van der Waals surface area contributed by atoms with Crippen molar-refractivity contribution in [1.82, 2.24) is 14.3 Å². The van der Waals surface area contributed by atoms with Gasteiger partial charge >= 0.3 is 6.18 Å². The van der Waals surface area contributed by atoms with Gasteiger partial charge in [-0.1, -0.05) is 29.3 Å². The predicted molar refractivity (Wildman–Crippen MR) is 126 cm³/mol. The zero-order valence-electron chi connectivity index (χ0n) is 18.1. The number of imidazole rings is 1. The number of hydrogen-bond acceptors (Lipinski definition) is 4. The summed E-state index contributed by atoms with van der Waals surface area (Å²) < 4.78 is 67.6. The minimum atomic E-state index is -4.56. The number of nitrogens with zero attached hydrogens (tertiary/aromatic N) is 2.